The van der Waals surface area contributed by atoms with Crippen molar-refractivity contribution in [2.75, 3.05) is 10.6 Å². The molecule has 0 bridgehead atoms. The van der Waals surface area contributed by atoms with Crippen LogP contribution in [0.4, 0.5) is 22.7 Å². The largest absolute Gasteiger partial charge is 0.489 e. The molecule has 0 radical (unpaired) electrons. The van der Waals surface area contributed by atoms with E-state index in [-0.39, 0.29) is 46.6 Å². The molecule has 6 aromatic rings. The fourth-order valence-electron chi connectivity index (χ4n) is 5.35. The first kappa shape index (κ1) is 46.4. The van der Waals surface area contributed by atoms with Gasteiger partial charge in [0, 0.05) is 42.3 Å². The number of rotatable bonds is 17. The zero-order valence-corrected chi connectivity index (χ0v) is 34.5. The van der Waals surface area contributed by atoms with Crippen LogP contribution in [0.25, 0.3) is 0 Å². The van der Waals surface area contributed by atoms with Crippen LogP contribution in [0.1, 0.15) is 38.8 Å². The van der Waals surface area contributed by atoms with Crippen LogP contribution in [0.15, 0.2) is 155 Å². The number of nitrogens with zero attached hydrogens (tertiary/aromatic N) is 2. The van der Waals surface area contributed by atoms with Crippen molar-refractivity contribution in [3.8, 4) is 11.5 Å². The number of para-hydroxylation sites is 2. The fourth-order valence-corrected chi connectivity index (χ4v) is 6.96. The quantitative estimate of drug-likeness (QED) is 0.0299. The van der Waals surface area contributed by atoms with Gasteiger partial charge in [-0.05, 0) is 96.1 Å². The number of hydrogen-bond acceptors (Lipinski definition) is 15. The predicted octanol–water partition coefficient (Wildman–Crippen LogP) is 7.51. The molecule has 0 heterocycles. The van der Waals surface area contributed by atoms with Gasteiger partial charge in [-0.2, -0.15) is 5.90 Å². The Morgan fingerprint density at radius 3 is 1.57 bits per heavy atom. The van der Waals surface area contributed by atoms with Gasteiger partial charge in [-0.15, -0.1) is 9.32 Å². The van der Waals surface area contributed by atoms with Gasteiger partial charge in [0.15, 0.2) is 0 Å². The van der Waals surface area contributed by atoms with Crippen LogP contribution >= 0.6 is 12.0 Å². The molecule has 0 aliphatic heterocycles. The van der Waals surface area contributed by atoms with Gasteiger partial charge < -0.3 is 20.1 Å². The summed E-state index contributed by atoms with van der Waals surface area (Å²) in [7, 11) is -4.16. The summed E-state index contributed by atoms with van der Waals surface area (Å²) in [5.74, 6) is 4.04. The smallest absolute Gasteiger partial charge is 0.269 e. The molecular weight excluding hydrogens is 861 g/mol. The van der Waals surface area contributed by atoms with E-state index in [2.05, 4.69) is 20.0 Å². The molecule has 0 aliphatic carbocycles. The summed E-state index contributed by atoms with van der Waals surface area (Å²) < 4.78 is 42.6. The van der Waals surface area contributed by atoms with Crippen molar-refractivity contribution < 1.29 is 51.4 Å². The number of benzene rings is 6. The van der Waals surface area contributed by atoms with Crippen molar-refractivity contribution in [2.24, 2.45) is 5.90 Å². The molecule has 0 spiro atoms. The average molecular weight is 897 g/mol. The zero-order valence-electron chi connectivity index (χ0n) is 32.9. The Balaban J connectivity index is 0.000000239. The Bertz CT molecular complexity index is 2700. The number of anilines is 2. The molecule has 0 unspecified atom stereocenters. The number of carbonyl (C=O) groups is 3. The number of ether oxygens (including phenoxy) is 2. The number of nitrogens with two attached hydrogens (primary N) is 1. The standard InChI is InChI=1S/C22H19N3O7S.C20H17N3O6S/c1-15(26)24-33(30,31)21-8-3-2-7-20(21)23-22(27)17-5-4-6-19(13-17)32-14-16-9-11-18(12-10-16)25(28)29;21-28-29-30-19-7-2-1-6-18(19)22-20(24)15-4-3-5-17(12-15)27-13-14-8-10-16(11-9-14)23(25)26/h2-13H,14H2,1H3,(H,23,27)(H,24,26);1-12H,13,21H2,(H,22,24). The van der Waals surface area contributed by atoms with Crippen LogP contribution in [0, 0.1) is 20.2 Å². The normalized spacial score (nSPS) is 10.6. The van der Waals surface area contributed by atoms with Crippen LogP contribution in [-0.4, -0.2) is 36.0 Å². The maximum atomic E-state index is 12.7. The van der Waals surface area contributed by atoms with E-state index < -0.39 is 31.7 Å². The molecule has 6 rings (SSSR count). The topological polar surface area (TPSA) is 271 Å². The molecule has 0 saturated heterocycles. The lowest BCUT2D eigenvalue weighted by atomic mass is 10.2. The SMILES string of the molecule is CC(=O)NS(=O)(=O)c1ccccc1NC(=O)c1cccc(OCc2ccc([N+](=O)[O-])cc2)c1.NOOSc1ccccc1NC(=O)c1cccc(OCc2ccc([N+](=O)[O-])cc2)c1. The molecule has 5 N–H and O–H groups in total. The van der Waals surface area contributed by atoms with Gasteiger partial charge in [-0.25, -0.2) is 13.1 Å². The minimum absolute atomic E-state index is 0.00783. The molecule has 19 nitrogen and oxygen atoms in total. The van der Waals surface area contributed by atoms with Crippen LogP contribution in [0.2, 0.25) is 0 Å². The second-order valence-electron chi connectivity index (χ2n) is 12.8. The Morgan fingerprint density at radius 1 is 0.635 bits per heavy atom. The predicted molar refractivity (Wildman–Crippen MR) is 230 cm³/mol. The summed E-state index contributed by atoms with van der Waals surface area (Å²) in [4.78, 5) is 61.5. The monoisotopic (exact) mass is 896 g/mol. The third-order valence-corrected chi connectivity index (χ3v) is 10.5. The highest BCUT2D eigenvalue weighted by Gasteiger charge is 2.21. The third kappa shape index (κ3) is 13.9. The summed E-state index contributed by atoms with van der Waals surface area (Å²) in [5, 5.41) is 26.8. The number of non-ortho nitro benzene ring substituents is 2. The number of nitrogens with one attached hydrogen (secondary N) is 3. The molecule has 6 aromatic carbocycles. The van der Waals surface area contributed by atoms with Gasteiger partial charge in [0.05, 0.1) is 38.2 Å². The Kier molecular flexibility index (Phi) is 16.4. The third-order valence-electron chi connectivity index (χ3n) is 8.30. The van der Waals surface area contributed by atoms with Crippen LogP contribution in [-0.2, 0) is 37.4 Å². The fraction of sp³-hybridized carbons (Fsp3) is 0.0714. The number of amides is 3. The second kappa shape index (κ2) is 22.2. The summed E-state index contributed by atoms with van der Waals surface area (Å²) in [5.41, 5.74) is 2.60. The van der Waals surface area contributed by atoms with Crippen molar-refractivity contribution in [1.29, 1.82) is 0 Å². The molecule has 0 aromatic heterocycles. The van der Waals surface area contributed by atoms with Gasteiger partial charge in [0.2, 0.25) is 5.91 Å². The average Bonchev–Trinajstić information content (AvgIpc) is 3.27. The first-order valence-corrected chi connectivity index (χ1v) is 20.4. The van der Waals surface area contributed by atoms with E-state index in [1.807, 2.05) is 4.72 Å². The molecular formula is C42H36N6O13S2. The van der Waals surface area contributed by atoms with Crippen LogP contribution in [0.5, 0.6) is 11.5 Å². The highest BCUT2D eigenvalue weighted by atomic mass is 32.2. The molecule has 63 heavy (non-hydrogen) atoms. The van der Waals surface area contributed by atoms with E-state index in [9.17, 15) is 43.0 Å². The van der Waals surface area contributed by atoms with Crippen molar-refractivity contribution in [3.05, 3.63) is 188 Å². The van der Waals surface area contributed by atoms with E-state index in [1.54, 1.807) is 91.0 Å². The summed E-state index contributed by atoms with van der Waals surface area (Å²) in [6, 6.07) is 37.6. The number of nitro benzene ring substituents is 2. The van der Waals surface area contributed by atoms with E-state index in [1.165, 1.54) is 54.6 Å². The molecule has 0 atom stereocenters. The number of nitro groups is 2. The highest BCUT2D eigenvalue weighted by molar-refractivity contribution is 7.94. The van der Waals surface area contributed by atoms with Crippen molar-refractivity contribution in [1.82, 2.24) is 4.72 Å². The van der Waals surface area contributed by atoms with Crippen molar-refractivity contribution in [3.63, 3.8) is 0 Å². The first-order chi connectivity index (χ1) is 30.2. The van der Waals surface area contributed by atoms with Gasteiger partial charge >= 0.3 is 0 Å². The summed E-state index contributed by atoms with van der Waals surface area (Å²) in [6.07, 6.45) is 0. The maximum absolute atomic E-state index is 12.7. The van der Waals surface area contributed by atoms with E-state index in [0.29, 0.717) is 33.2 Å². The van der Waals surface area contributed by atoms with Gasteiger partial charge in [-0.3, -0.25) is 34.6 Å². The van der Waals surface area contributed by atoms with Crippen LogP contribution < -0.4 is 30.7 Å². The lowest BCUT2D eigenvalue weighted by Gasteiger charge is -2.12. The Labute approximate surface area is 363 Å². The number of carbonyl (C=O) groups excluding carboxylic acids is 3. The summed E-state index contributed by atoms with van der Waals surface area (Å²) >= 11 is 0.867. The van der Waals surface area contributed by atoms with Crippen molar-refractivity contribution >= 4 is 62.5 Å². The molecule has 324 valence electrons. The highest BCUT2D eigenvalue weighted by Crippen LogP contribution is 2.29. The van der Waals surface area contributed by atoms with Gasteiger partial charge in [0.1, 0.15) is 29.6 Å². The lowest BCUT2D eigenvalue weighted by Crippen LogP contribution is -2.29. The molecule has 3 amide bonds. The van der Waals surface area contributed by atoms with E-state index in [0.717, 1.165) is 24.5 Å². The molecule has 0 fully saturated rings. The van der Waals surface area contributed by atoms with Gasteiger partial charge in [-0.1, -0.05) is 36.4 Å². The van der Waals surface area contributed by atoms with Gasteiger partial charge in [0.25, 0.3) is 33.2 Å². The lowest BCUT2D eigenvalue weighted by molar-refractivity contribution is -0.385. The van der Waals surface area contributed by atoms with E-state index >= 15 is 0 Å². The second-order valence-corrected chi connectivity index (χ2v) is 15.2. The first-order valence-electron chi connectivity index (χ1n) is 18.2. The molecule has 0 saturated carbocycles. The maximum Gasteiger partial charge on any atom is 0.269 e. The molecule has 0 aliphatic rings. The number of hydrogen-bond donors (Lipinski definition) is 4. The van der Waals surface area contributed by atoms with Crippen LogP contribution in [0.3, 0.4) is 0 Å². The minimum atomic E-state index is -4.16. The summed E-state index contributed by atoms with van der Waals surface area (Å²) in [6.45, 7) is 1.40. The Morgan fingerprint density at radius 2 is 1.10 bits per heavy atom. The zero-order chi connectivity index (χ0) is 45.4. The minimum Gasteiger partial charge on any atom is -0.489 e. The van der Waals surface area contributed by atoms with Crippen molar-refractivity contribution in [2.45, 2.75) is 29.9 Å². The van der Waals surface area contributed by atoms with E-state index in [4.69, 9.17) is 15.4 Å². The molecule has 21 heteroatoms. The number of sulfonamides is 1. The Hall–Kier alpha value is -7.69.